The number of carbonyl (C=O) groups excluding carboxylic acids is 1. The molecular weight excluding hydrogens is 228 g/mol. The molecule has 2 amide bonds. The van der Waals surface area contributed by atoms with Crippen molar-refractivity contribution in [1.29, 1.82) is 0 Å². The maximum Gasteiger partial charge on any atom is 0.320 e. The molecule has 0 aliphatic carbocycles. The van der Waals surface area contributed by atoms with E-state index in [1.54, 1.807) is 0 Å². The Kier molecular flexibility index (Phi) is 5.17. The number of hydrogen-bond donors (Lipinski definition) is 2. The van der Waals surface area contributed by atoms with Crippen molar-refractivity contribution in [3.63, 3.8) is 0 Å². The third-order valence-electron chi connectivity index (χ3n) is 2.71. The zero-order valence-electron chi connectivity index (χ0n) is 9.83. The molecule has 1 aliphatic rings. The monoisotopic (exact) mass is 246 g/mol. The molecule has 0 spiro atoms. The van der Waals surface area contributed by atoms with Gasteiger partial charge >= 0.3 is 12.0 Å². The van der Waals surface area contributed by atoms with Crippen LogP contribution in [0.2, 0.25) is 0 Å². The topological polar surface area (TPSA) is 90.3 Å². The van der Waals surface area contributed by atoms with Gasteiger partial charge in [0.2, 0.25) is 0 Å². The highest BCUT2D eigenvalue weighted by Gasteiger charge is 2.37. The van der Waals surface area contributed by atoms with E-state index in [0.717, 1.165) is 0 Å². The summed E-state index contributed by atoms with van der Waals surface area (Å²) in [6, 6.07) is -0.242. The number of amides is 2. The van der Waals surface area contributed by atoms with Crippen molar-refractivity contribution in [2.45, 2.75) is 0 Å². The van der Waals surface area contributed by atoms with Crippen molar-refractivity contribution in [3.8, 4) is 0 Å². The second-order valence-corrected chi connectivity index (χ2v) is 3.93. The van der Waals surface area contributed by atoms with Gasteiger partial charge in [0.25, 0.3) is 0 Å². The minimum atomic E-state index is -0.875. The van der Waals surface area contributed by atoms with Crippen molar-refractivity contribution >= 4 is 12.0 Å². The molecule has 98 valence electrons. The van der Waals surface area contributed by atoms with E-state index in [-0.39, 0.29) is 32.3 Å². The summed E-state index contributed by atoms with van der Waals surface area (Å²) < 4.78 is 4.87. The first-order valence-electron chi connectivity index (χ1n) is 5.46. The SMILES string of the molecule is COCCN(CCO)C(=O)N1CC(C(=O)O)C1. The first kappa shape index (κ1) is 13.7. The van der Waals surface area contributed by atoms with Gasteiger partial charge in [0, 0.05) is 33.3 Å². The first-order valence-corrected chi connectivity index (χ1v) is 5.46. The molecule has 0 bridgehead atoms. The summed E-state index contributed by atoms with van der Waals surface area (Å²) in [5.74, 6) is -1.34. The fourth-order valence-electron chi connectivity index (χ4n) is 1.62. The van der Waals surface area contributed by atoms with E-state index in [1.807, 2.05) is 0 Å². The Bertz CT molecular complexity index is 278. The lowest BCUT2D eigenvalue weighted by molar-refractivity contribution is -0.146. The minimum Gasteiger partial charge on any atom is -0.481 e. The van der Waals surface area contributed by atoms with Crippen LogP contribution in [0.25, 0.3) is 0 Å². The summed E-state index contributed by atoms with van der Waals surface area (Å²) >= 11 is 0. The molecule has 1 rings (SSSR count). The fraction of sp³-hybridized carbons (Fsp3) is 0.800. The normalized spacial score (nSPS) is 15.5. The number of nitrogens with zero attached hydrogens (tertiary/aromatic N) is 2. The number of carbonyl (C=O) groups is 2. The number of likely N-dealkylation sites (tertiary alicyclic amines) is 1. The number of ether oxygens (including phenoxy) is 1. The molecule has 0 unspecified atom stereocenters. The van der Waals surface area contributed by atoms with E-state index in [0.29, 0.717) is 13.2 Å². The van der Waals surface area contributed by atoms with Crippen LogP contribution in [-0.2, 0) is 9.53 Å². The van der Waals surface area contributed by atoms with Crippen LogP contribution in [0.3, 0.4) is 0 Å². The molecular formula is C10H18N2O5. The third kappa shape index (κ3) is 3.57. The predicted octanol–water partition coefficient (Wildman–Crippen LogP) is -0.936. The van der Waals surface area contributed by atoms with E-state index in [2.05, 4.69) is 0 Å². The summed E-state index contributed by atoms with van der Waals surface area (Å²) in [4.78, 5) is 25.4. The number of methoxy groups -OCH3 is 1. The highest BCUT2D eigenvalue weighted by molar-refractivity contribution is 5.79. The molecule has 0 atom stereocenters. The number of aliphatic carboxylic acids is 1. The Morgan fingerprint density at radius 1 is 1.41 bits per heavy atom. The third-order valence-corrected chi connectivity index (χ3v) is 2.71. The summed E-state index contributed by atoms with van der Waals surface area (Å²) in [6.07, 6.45) is 0. The summed E-state index contributed by atoms with van der Waals surface area (Å²) in [7, 11) is 1.53. The number of carboxylic acid groups (broad SMARTS) is 1. The smallest absolute Gasteiger partial charge is 0.320 e. The van der Waals surface area contributed by atoms with Gasteiger partial charge in [-0.15, -0.1) is 0 Å². The molecule has 0 aromatic carbocycles. The van der Waals surface area contributed by atoms with Crippen LogP contribution in [0.4, 0.5) is 4.79 Å². The lowest BCUT2D eigenvalue weighted by atomic mass is 10.0. The second kappa shape index (κ2) is 6.41. The van der Waals surface area contributed by atoms with Crippen LogP contribution < -0.4 is 0 Å². The van der Waals surface area contributed by atoms with Gasteiger partial charge in [0.15, 0.2) is 0 Å². The van der Waals surface area contributed by atoms with Gasteiger partial charge in [0.1, 0.15) is 0 Å². The highest BCUT2D eigenvalue weighted by atomic mass is 16.5. The summed E-state index contributed by atoms with van der Waals surface area (Å²) in [5, 5.41) is 17.6. The van der Waals surface area contributed by atoms with Crippen LogP contribution in [0.1, 0.15) is 0 Å². The summed E-state index contributed by atoms with van der Waals surface area (Å²) in [6.45, 7) is 1.38. The van der Waals surface area contributed by atoms with E-state index in [1.165, 1.54) is 16.9 Å². The zero-order chi connectivity index (χ0) is 12.8. The molecule has 7 nitrogen and oxygen atoms in total. The van der Waals surface area contributed by atoms with Crippen LogP contribution in [-0.4, -0.2) is 78.5 Å². The van der Waals surface area contributed by atoms with Crippen molar-refractivity contribution in [2.24, 2.45) is 5.92 Å². The van der Waals surface area contributed by atoms with Crippen molar-refractivity contribution < 1.29 is 24.5 Å². The molecule has 17 heavy (non-hydrogen) atoms. The van der Waals surface area contributed by atoms with Crippen LogP contribution >= 0.6 is 0 Å². The molecule has 2 N–H and O–H groups in total. The number of urea groups is 1. The lowest BCUT2D eigenvalue weighted by Gasteiger charge is -2.39. The maximum atomic E-state index is 11.9. The van der Waals surface area contributed by atoms with Gasteiger partial charge < -0.3 is 24.7 Å². The fourth-order valence-corrected chi connectivity index (χ4v) is 1.62. The van der Waals surface area contributed by atoms with Gasteiger partial charge in [0.05, 0.1) is 19.1 Å². The molecule has 1 heterocycles. The molecule has 1 fully saturated rings. The van der Waals surface area contributed by atoms with E-state index in [9.17, 15) is 9.59 Å². The molecule has 0 aromatic rings. The quantitative estimate of drug-likeness (QED) is 0.631. The molecule has 1 aliphatic heterocycles. The van der Waals surface area contributed by atoms with Gasteiger partial charge in [-0.2, -0.15) is 0 Å². The molecule has 1 saturated heterocycles. The second-order valence-electron chi connectivity index (χ2n) is 3.93. The molecule has 7 heteroatoms. The van der Waals surface area contributed by atoms with Crippen LogP contribution in [0.15, 0.2) is 0 Å². The van der Waals surface area contributed by atoms with Gasteiger partial charge in [-0.1, -0.05) is 0 Å². The Morgan fingerprint density at radius 3 is 2.53 bits per heavy atom. The van der Waals surface area contributed by atoms with Crippen molar-refractivity contribution in [3.05, 3.63) is 0 Å². The van der Waals surface area contributed by atoms with Crippen molar-refractivity contribution in [1.82, 2.24) is 9.80 Å². The Hall–Kier alpha value is -1.34. The molecule has 0 aromatic heterocycles. The maximum absolute atomic E-state index is 11.9. The average molecular weight is 246 g/mol. The Balaban J connectivity index is 2.40. The first-order chi connectivity index (χ1) is 8.10. The number of rotatable bonds is 6. The summed E-state index contributed by atoms with van der Waals surface area (Å²) in [5.41, 5.74) is 0. The number of aliphatic hydroxyl groups excluding tert-OH is 1. The van der Waals surface area contributed by atoms with Crippen LogP contribution in [0.5, 0.6) is 0 Å². The van der Waals surface area contributed by atoms with E-state index in [4.69, 9.17) is 14.9 Å². The number of carboxylic acids is 1. The average Bonchev–Trinajstić information content (AvgIpc) is 2.21. The zero-order valence-corrected chi connectivity index (χ0v) is 9.83. The lowest BCUT2D eigenvalue weighted by Crippen LogP contribution is -2.57. The van der Waals surface area contributed by atoms with Gasteiger partial charge in [-0.05, 0) is 0 Å². The predicted molar refractivity (Wildman–Crippen MR) is 58.6 cm³/mol. The minimum absolute atomic E-state index is 0.119. The number of hydrogen-bond acceptors (Lipinski definition) is 4. The Morgan fingerprint density at radius 2 is 2.06 bits per heavy atom. The molecule has 0 radical (unpaired) electrons. The Labute approximate surface area is 99.6 Å². The van der Waals surface area contributed by atoms with E-state index >= 15 is 0 Å². The highest BCUT2D eigenvalue weighted by Crippen LogP contribution is 2.17. The standard InChI is InChI=1S/C10H18N2O5/c1-17-5-3-11(2-4-13)10(16)12-6-8(7-12)9(14)15/h8,13H,2-7H2,1H3,(H,14,15). The largest absolute Gasteiger partial charge is 0.481 e. The van der Waals surface area contributed by atoms with Gasteiger partial charge in [-0.3, -0.25) is 4.79 Å². The van der Waals surface area contributed by atoms with Crippen LogP contribution in [0, 0.1) is 5.92 Å². The van der Waals surface area contributed by atoms with Gasteiger partial charge in [-0.25, -0.2) is 4.79 Å². The van der Waals surface area contributed by atoms with Crippen molar-refractivity contribution in [2.75, 3.05) is 46.5 Å². The van der Waals surface area contributed by atoms with E-state index < -0.39 is 11.9 Å². The molecule has 0 saturated carbocycles. The number of aliphatic hydroxyl groups is 1.